The Bertz CT molecular complexity index is 1430. The zero-order valence-electron chi connectivity index (χ0n) is 23.3. The maximum atomic E-state index is 14.4. The molecule has 1 aromatic heterocycles. The standard InChI is InChI=1S/C33H40N4O3/c1-21-7-4-14-30(35(21)20-31(38)39)32-33(40)37(29-13-3-2-12-28(29)34-32)27-18-24-10-6-11-25(19-27)36(24)26-16-22-8-5-9-23(15-22)17-26/h2-4,7,12-14,22-27H,1,5-6,8-11,15-20H2,(H,38,39)/t22-,23+,24-,25+,26?,27?. The van der Waals surface area contributed by atoms with E-state index in [1.807, 2.05) is 34.9 Å². The van der Waals surface area contributed by atoms with Gasteiger partial charge in [-0.05, 0) is 81.1 Å². The maximum Gasteiger partial charge on any atom is 0.323 e. The van der Waals surface area contributed by atoms with Crippen molar-refractivity contribution in [3.8, 4) is 0 Å². The van der Waals surface area contributed by atoms with Crippen LogP contribution in [-0.4, -0.2) is 55.1 Å². The third kappa shape index (κ3) is 4.52. The van der Waals surface area contributed by atoms with Crippen molar-refractivity contribution in [1.82, 2.24) is 19.4 Å². The zero-order valence-corrected chi connectivity index (χ0v) is 23.3. The first kappa shape index (κ1) is 25.8. The molecule has 6 atom stereocenters. The van der Waals surface area contributed by atoms with Gasteiger partial charge in [0, 0.05) is 29.9 Å². The monoisotopic (exact) mass is 540 g/mol. The lowest BCUT2D eigenvalue weighted by Gasteiger charge is -2.55. The van der Waals surface area contributed by atoms with Gasteiger partial charge < -0.3 is 14.6 Å². The van der Waals surface area contributed by atoms with Gasteiger partial charge in [-0.2, -0.15) is 0 Å². The second-order valence-corrected chi connectivity index (χ2v) is 12.8. The summed E-state index contributed by atoms with van der Waals surface area (Å²) in [5, 5.41) is 9.58. The van der Waals surface area contributed by atoms with E-state index >= 15 is 0 Å². The number of carboxylic acids is 1. The van der Waals surface area contributed by atoms with Crippen LogP contribution in [0.5, 0.6) is 0 Å². The first-order chi connectivity index (χ1) is 19.5. The van der Waals surface area contributed by atoms with E-state index in [1.54, 1.807) is 17.1 Å². The zero-order chi connectivity index (χ0) is 27.4. The minimum Gasteiger partial charge on any atom is -0.480 e. The van der Waals surface area contributed by atoms with Gasteiger partial charge in [0.1, 0.15) is 6.54 Å². The van der Waals surface area contributed by atoms with Crippen molar-refractivity contribution in [1.29, 1.82) is 0 Å². The summed E-state index contributed by atoms with van der Waals surface area (Å²) >= 11 is 0. The van der Waals surface area contributed by atoms with Crippen LogP contribution >= 0.6 is 0 Å². The third-order valence-corrected chi connectivity index (χ3v) is 10.4. The fourth-order valence-electron chi connectivity index (χ4n) is 8.93. The Balaban J connectivity index is 1.26. The summed E-state index contributed by atoms with van der Waals surface area (Å²) in [5.74, 6) is 0.841. The minimum atomic E-state index is -0.976. The molecule has 1 N–H and O–H groups in total. The molecule has 2 aromatic rings. The van der Waals surface area contributed by atoms with Crippen LogP contribution in [0.15, 0.2) is 59.6 Å². The van der Waals surface area contributed by atoms with Crippen LogP contribution in [-0.2, 0) is 4.79 Å². The molecule has 0 amide bonds. The Kier molecular flexibility index (Phi) is 6.65. The van der Waals surface area contributed by atoms with Crippen LogP contribution in [0.1, 0.15) is 82.4 Å². The summed E-state index contributed by atoms with van der Waals surface area (Å²) in [5.41, 5.74) is 2.86. The minimum absolute atomic E-state index is 0.102. The van der Waals surface area contributed by atoms with Gasteiger partial charge in [-0.25, -0.2) is 4.98 Å². The van der Waals surface area contributed by atoms with Gasteiger partial charge in [0.25, 0.3) is 5.56 Å². The summed E-state index contributed by atoms with van der Waals surface area (Å²) in [6.45, 7) is 3.76. The topological polar surface area (TPSA) is 78.7 Å². The fraction of sp³-hybridized carbons (Fsp3) is 0.545. The van der Waals surface area contributed by atoms with Crippen molar-refractivity contribution >= 4 is 22.7 Å². The summed E-state index contributed by atoms with van der Waals surface area (Å²) < 4.78 is 2.01. The summed E-state index contributed by atoms with van der Waals surface area (Å²) in [7, 11) is 0. The molecule has 2 aliphatic carbocycles. The summed E-state index contributed by atoms with van der Waals surface area (Å²) in [6.07, 6.45) is 19.5. The van der Waals surface area contributed by atoms with E-state index in [0.717, 1.165) is 35.7 Å². The number of para-hydroxylation sites is 2. The summed E-state index contributed by atoms with van der Waals surface area (Å²) in [6, 6.07) is 9.75. The molecule has 7 nitrogen and oxygen atoms in total. The molecule has 0 spiro atoms. The molecule has 0 radical (unpaired) electrons. The highest BCUT2D eigenvalue weighted by atomic mass is 16.4. The molecule has 2 saturated carbocycles. The van der Waals surface area contributed by atoms with E-state index in [-0.39, 0.29) is 18.1 Å². The molecule has 210 valence electrons. The van der Waals surface area contributed by atoms with Gasteiger partial charge in [-0.3, -0.25) is 14.5 Å². The fourth-order valence-corrected chi connectivity index (χ4v) is 8.93. The van der Waals surface area contributed by atoms with Gasteiger partial charge in [0.15, 0.2) is 5.69 Å². The molecule has 3 aliphatic heterocycles. The number of aromatic nitrogens is 2. The SMILES string of the molecule is C=C1C=CC=C(c2nc3ccccc3n(C3C[C@H]4CCC[C@@H](C3)N4C3C[C@H]4CCC[C@@H](C3)C4)c2=O)N1CC(=O)O. The third-order valence-electron chi connectivity index (χ3n) is 10.4. The Hall–Kier alpha value is -3.19. The molecule has 1 aromatic carbocycles. The van der Waals surface area contributed by atoms with E-state index in [1.165, 1.54) is 57.8 Å². The Morgan fingerprint density at radius 1 is 0.925 bits per heavy atom. The molecule has 4 bridgehead atoms. The normalized spacial score (nSPS) is 32.2. The van der Waals surface area contributed by atoms with Gasteiger partial charge in [0.2, 0.25) is 0 Å². The van der Waals surface area contributed by atoms with E-state index in [0.29, 0.717) is 35.2 Å². The van der Waals surface area contributed by atoms with E-state index in [4.69, 9.17) is 4.98 Å². The van der Waals surface area contributed by atoms with Crippen LogP contribution < -0.4 is 5.56 Å². The average molecular weight is 541 g/mol. The first-order valence-corrected chi connectivity index (χ1v) is 15.3. The number of hydrogen-bond acceptors (Lipinski definition) is 5. The van der Waals surface area contributed by atoms with E-state index in [9.17, 15) is 14.7 Å². The van der Waals surface area contributed by atoms with Crippen molar-refractivity contribution in [2.45, 2.75) is 94.8 Å². The highest BCUT2D eigenvalue weighted by Gasteiger charge is 2.45. The molecular formula is C33H40N4O3. The largest absolute Gasteiger partial charge is 0.480 e. The number of carbonyl (C=O) groups is 1. The lowest BCUT2D eigenvalue weighted by atomic mass is 9.68. The number of rotatable bonds is 5. The Labute approximate surface area is 235 Å². The molecule has 2 unspecified atom stereocenters. The van der Waals surface area contributed by atoms with Crippen LogP contribution in [0.25, 0.3) is 16.7 Å². The molecular weight excluding hydrogens is 500 g/mol. The Morgan fingerprint density at radius 3 is 2.35 bits per heavy atom. The molecule has 2 saturated heterocycles. The van der Waals surface area contributed by atoms with Crippen molar-refractivity contribution in [2.24, 2.45) is 11.8 Å². The molecule has 4 fully saturated rings. The molecule has 7 rings (SSSR count). The predicted molar refractivity (Wildman–Crippen MR) is 157 cm³/mol. The number of hydrogen-bond donors (Lipinski definition) is 1. The van der Waals surface area contributed by atoms with E-state index < -0.39 is 5.97 Å². The molecule has 4 heterocycles. The van der Waals surface area contributed by atoms with E-state index in [2.05, 4.69) is 11.5 Å². The number of piperidine rings is 2. The second-order valence-electron chi connectivity index (χ2n) is 12.8. The number of nitrogens with zero attached hydrogens (tertiary/aromatic N) is 4. The first-order valence-electron chi connectivity index (χ1n) is 15.3. The van der Waals surface area contributed by atoms with Crippen molar-refractivity contribution in [2.75, 3.05) is 6.54 Å². The van der Waals surface area contributed by atoms with Gasteiger partial charge in [-0.1, -0.05) is 50.5 Å². The molecule has 7 heteroatoms. The second kappa shape index (κ2) is 10.3. The lowest BCUT2D eigenvalue weighted by Crippen LogP contribution is -2.58. The smallest absolute Gasteiger partial charge is 0.323 e. The molecule has 40 heavy (non-hydrogen) atoms. The van der Waals surface area contributed by atoms with Crippen molar-refractivity contribution in [3.63, 3.8) is 0 Å². The predicted octanol–water partition coefficient (Wildman–Crippen LogP) is 5.73. The van der Waals surface area contributed by atoms with Crippen LogP contribution in [0.3, 0.4) is 0 Å². The highest BCUT2D eigenvalue weighted by molar-refractivity contribution is 5.80. The van der Waals surface area contributed by atoms with Crippen molar-refractivity contribution < 1.29 is 9.90 Å². The quantitative estimate of drug-likeness (QED) is 0.522. The number of carboxylic acid groups (broad SMARTS) is 1. The van der Waals surface area contributed by atoms with Gasteiger partial charge >= 0.3 is 5.97 Å². The number of fused-ring (bicyclic) bond motifs is 5. The Morgan fingerprint density at radius 2 is 1.62 bits per heavy atom. The number of aliphatic carboxylic acids is 1. The number of allylic oxidation sites excluding steroid dienone is 3. The average Bonchev–Trinajstić information content (AvgIpc) is 2.93. The van der Waals surface area contributed by atoms with Crippen LogP contribution in [0, 0.1) is 11.8 Å². The highest BCUT2D eigenvalue weighted by Crippen LogP contribution is 2.47. The van der Waals surface area contributed by atoms with Gasteiger partial charge in [-0.15, -0.1) is 0 Å². The van der Waals surface area contributed by atoms with Gasteiger partial charge in [0.05, 0.1) is 16.7 Å². The molecule has 5 aliphatic rings. The van der Waals surface area contributed by atoms with Crippen LogP contribution in [0.4, 0.5) is 0 Å². The van der Waals surface area contributed by atoms with Crippen molar-refractivity contribution in [3.05, 3.63) is 70.8 Å². The lowest BCUT2D eigenvalue weighted by molar-refractivity contribution is -0.137. The van der Waals surface area contributed by atoms with Crippen LogP contribution in [0.2, 0.25) is 0 Å². The maximum absolute atomic E-state index is 14.4. The number of benzene rings is 1. The summed E-state index contributed by atoms with van der Waals surface area (Å²) in [4.78, 5) is 35.4.